The predicted octanol–water partition coefficient (Wildman–Crippen LogP) is -2.76. The second kappa shape index (κ2) is 24.8. The molecular weight excluding hydrogens is 951 g/mol. The van der Waals surface area contributed by atoms with Crippen LogP contribution in [-0.2, 0) is 65.0 Å². The van der Waals surface area contributed by atoms with E-state index in [1.165, 1.54) is 42.5 Å². The summed E-state index contributed by atoms with van der Waals surface area (Å²) in [6.45, 7) is 9.66. The van der Waals surface area contributed by atoms with Crippen LogP contribution in [0.1, 0.15) is 70.9 Å². The van der Waals surface area contributed by atoms with Crippen molar-refractivity contribution < 1.29 is 126 Å². The summed E-state index contributed by atoms with van der Waals surface area (Å²) in [6.07, 6.45) is 13.7. The molecule has 0 unspecified atom stereocenters. The standard InChI is InChI=1S/C44H56N4O14S3.2Na/c1-43(2)34-30-32(64(55,56)57)15-17-36(34)46(22-10-6-9-14-40(49)45-21-25-61-27-28-62-26-24-48-41(50)19-20-42(48)51)38(43)12-7-5-8-13-39-44(3,4)35-31-33(65(58,59)60)16-18-37(35)47(39)23-11-29-63(52,53)54;;/h5,7-8,12-13,15-20,30-31H,6,9-11,14,21-29H2,1-4H3,(H3-,45,49,52,53,54,55,56,57,58,59,60);;/q;2*+1/p-2. The molecule has 0 bridgehead atoms. The zero-order valence-electron chi connectivity index (χ0n) is 38.7. The Balaban J connectivity index is 0.00000595. The molecule has 0 spiro atoms. The molecule has 0 aromatic heterocycles. The minimum Gasteiger partial charge on any atom is -0.748 e. The summed E-state index contributed by atoms with van der Waals surface area (Å²) in [5.74, 6) is -1.46. The Bertz CT molecular complexity index is 2640. The summed E-state index contributed by atoms with van der Waals surface area (Å²) in [7, 11) is -14.0. The second-order valence-electron chi connectivity index (χ2n) is 16.7. The van der Waals surface area contributed by atoms with E-state index >= 15 is 0 Å². The first-order chi connectivity index (χ1) is 30.4. The van der Waals surface area contributed by atoms with Crippen LogP contribution in [-0.4, -0.2) is 130 Å². The Morgan fingerprint density at radius 2 is 1.33 bits per heavy atom. The SMILES string of the molecule is CC1(C)C(/C=C/C=C/C=C2/N(CCCCCC(=O)NCCOCCOCCN3C(=O)C=CC3=O)c3ccc(S(=O)(=O)[O-])cc3C2(C)C)=[N+](CCCS(=O)(=O)[O-])c2ccc(S(=O)(=O)[O-])cc21.[Na+].[Na+]. The molecule has 5 rings (SSSR count). The number of fused-ring (bicyclic) bond motifs is 2. The summed E-state index contributed by atoms with van der Waals surface area (Å²) in [5.41, 5.74) is 2.45. The second-order valence-corrected chi connectivity index (χ2v) is 20.9. The molecule has 3 heterocycles. The topological polar surface area (TPSA) is 263 Å². The van der Waals surface area contributed by atoms with Crippen molar-refractivity contribution in [3.05, 3.63) is 95.8 Å². The van der Waals surface area contributed by atoms with Gasteiger partial charge in [-0.05, 0) is 68.7 Å². The Hall–Kier alpha value is -2.87. The van der Waals surface area contributed by atoms with E-state index in [4.69, 9.17) is 9.47 Å². The largest absolute Gasteiger partial charge is 1.00 e. The number of allylic oxidation sites excluding steroid dienone is 6. The van der Waals surface area contributed by atoms with E-state index in [1.807, 2.05) is 33.8 Å². The van der Waals surface area contributed by atoms with E-state index in [-0.39, 0.29) is 128 Å². The van der Waals surface area contributed by atoms with E-state index in [0.29, 0.717) is 61.3 Å². The predicted molar refractivity (Wildman–Crippen MR) is 237 cm³/mol. The molecule has 0 atom stereocenters. The number of hydrogen-bond acceptors (Lipinski definition) is 15. The van der Waals surface area contributed by atoms with Crippen molar-refractivity contribution >= 4 is 65.2 Å². The first-order valence-corrected chi connectivity index (χ1v) is 25.4. The van der Waals surface area contributed by atoms with Crippen LogP contribution in [0, 0.1) is 0 Å². The third kappa shape index (κ3) is 15.6. The van der Waals surface area contributed by atoms with Gasteiger partial charge in [-0.1, -0.05) is 38.5 Å². The van der Waals surface area contributed by atoms with Gasteiger partial charge in [0.15, 0.2) is 5.71 Å². The third-order valence-corrected chi connectivity index (χ3v) is 13.8. The van der Waals surface area contributed by atoms with Crippen molar-refractivity contribution in [3.8, 4) is 0 Å². The fourth-order valence-corrected chi connectivity index (χ4v) is 9.55. The molecule has 23 heteroatoms. The molecule has 3 aliphatic heterocycles. The first-order valence-electron chi connectivity index (χ1n) is 21.0. The van der Waals surface area contributed by atoms with E-state index < -0.39 is 51.8 Å². The Kier molecular flexibility index (Phi) is 21.6. The molecule has 3 aliphatic rings. The van der Waals surface area contributed by atoms with Gasteiger partial charge in [0.2, 0.25) is 11.6 Å². The van der Waals surface area contributed by atoms with Gasteiger partial charge in [-0.25, -0.2) is 25.3 Å². The summed E-state index contributed by atoms with van der Waals surface area (Å²) in [5, 5.41) is 2.82. The van der Waals surface area contributed by atoms with E-state index in [2.05, 4.69) is 10.2 Å². The smallest absolute Gasteiger partial charge is 0.748 e. The number of rotatable bonds is 24. The van der Waals surface area contributed by atoms with Gasteiger partial charge in [0.1, 0.15) is 26.8 Å². The molecule has 2 aromatic rings. The van der Waals surface area contributed by atoms with E-state index in [1.54, 1.807) is 34.9 Å². The maximum Gasteiger partial charge on any atom is 1.00 e. The van der Waals surface area contributed by atoms with Crippen LogP contribution in [0.5, 0.6) is 0 Å². The van der Waals surface area contributed by atoms with Crippen molar-refractivity contribution in [2.24, 2.45) is 0 Å². The number of nitrogens with one attached hydrogen (secondary N) is 1. The minimum atomic E-state index is -4.77. The van der Waals surface area contributed by atoms with Gasteiger partial charge in [0, 0.05) is 78.3 Å². The maximum atomic E-state index is 12.5. The molecule has 0 saturated carbocycles. The molecule has 354 valence electrons. The first kappa shape index (κ1) is 58.4. The van der Waals surface area contributed by atoms with Crippen LogP contribution in [0.2, 0.25) is 0 Å². The fraction of sp³-hybridized carbons (Fsp3) is 0.455. The summed E-state index contributed by atoms with van der Waals surface area (Å²) in [4.78, 5) is 38.0. The molecule has 0 saturated heterocycles. The molecule has 0 aliphatic carbocycles. The number of ether oxygens (including phenoxy) is 2. The fourth-order valence-electron chi connectivity index (χ4n) is 8.07. The van der Waals surface area contributed by atoms with Crippen molar-refractivity contribution in [2.45, 2.75) is 80.4 Å². The van der Waals surface area contributed by atoms with E-state index in [0.717, 1.165) is 16.3 Å². The number of carbonyl (C=O) groups excluding carboxylic acids is 3. The number of hydrogen-bond donors (Lipinski definition) is 1. The average Bonchev–Trinajstić information content (AvgIpc) is 3.73. The van der Waals surface area contributed by atoms with Gasteiger partial charge in [0.25, 0.3) is 11.8 Å². The number of nitrogens with zero attached hydrogens (tertiary/aromatic N) is 3. The van der Waals surface area contributed by atoms with Crippen molar-refractivity contribution in [3.63, 3.8) is 0 Å². The molecule has 3 amide bonds. The quantitative estimate of drug-likeness (QED) is 0.0279. The van der Waals surface area contributed by atoms with Gasteiger partial charge in [-0.3, -0.25) is 19.3 Å². The number of amides is 3. The molecule has 67 heavy (non-hydrogen) atoms. The summed E-state index contributed by atoms with van der Waals surface area (Å²) >= 11 is 0. The number of anilines is 1. The van der Waals surface area contributed by atoms with Crippen LogP contribution < -0.4 is 69.3 Å². The number of unbranched alkanes of at least 4 members (excludes halogenated alkanes) is 2. The van der Waals surface area contributed by atoms with Crippen LogP contribution >= 0.6 is 0 Å². The van der Waals surface area contributed by atoms with Crippen LogP contribution in [0.3, 0.4) is 0 Å². The van der Waals surface area contributed by atoms with Gasteiger partial charge in [-0.2, -0.15) is 4.58 Å². The van der Waals surface area contributed by atoms with Gasteiger partial charge < -0.3 is 33.3 Å². The van der Waals surface area contributed by atoms with Crippen molar-refractivity contribution in [1.82, 2.24) is 10.2 Å². The van der Waals surface area contributed by atoms with Gasteiger partial charge >= 0.3 is 59.1 Å². The number of imide groups is 1. The molecule has 1 N–H and O–H groups in total. The Morgan fingerprint density at radius 3 is 1.96 bits per heavy atom. The molecular formula is C44H54N4Na2O14S3. The average molecular weight is 1010 g/mol. The molecule has 18 nitrogen and oxygen atoms in total. The third-order valence-electron chi connectivity index (χ3n) is 11.4. The van der Waals surface area contributed by atoms with Gasteiger partial charge in [-0.15, -0.1) is 0 Å². The molecule has 2 aromatic carbocycles. The van der Waals surface area contributed by atoms with E-state index in [9.17, 15) is 53.3 Å². The van der Waals surface area contributed by atoms with Gasteiger partial charge in [0.05, 0.1) is 58.3 Å². The summed E-state index contributed by atoms with van der Waals surface area (Å²) in [6, 6.07) is 8.32. The molecule has 0 fully saturated rings. The van der Waals surface area contributed by atoms with Crippen molar-refractivity contribution in [1.29, 1.82) is 0 Å². The zero-order valence-corrected chi connectivity index (χ0v) is 45.1. The van der Waals surface area contributed by atoms with Crippen LogP contribution in [0.15, 0.2) is 94.4 Å². The summed E-state index contributed by atoms with van der Waals surface area (Å²) < 4.78 is 119. The van der Waals surface area contributed by atoms with Crippen LogP contribution in [0.25, 0.3) is 0 Å². The maximum absolute atomic E-state index is 12.5. The monoisotopic (exact) mass is 1000 g/mol. The molecule has 0 radical (unpaired) electrons. The van der Waals surface area contributed by atoms with Crippen molar-refractivity contribution in [2.75, 3.05) is 63.3 Å². The number of carbonyl (C=O) groups is 3. The Labute approximate surface area is 437 Å². The normalized spacial score (nSPS) is 17.1. The zero-order chi connectivity index (χ0) is 47.8. The minimum absolute atomic E-state index is 0. The Morgan fingerprint density at radius 1 is 0.716 bits per heavy atom. The van der Waals surface area contributed by atoms with Crippen LogP contribution in [0.4, 0.5) is 11.4 Å². The number of benzene rings is 2.